The average Bonchev–Trinajstić information content (AvgIpc) is 2.79. The van der Waals surface area contributed by atoms with Crippen LogP contribution in [0.3, 0.4) is 0 Å². The molecule has 4 rings (SSSR count). The van der Waals surface area contributed by atoms with Crippen LogP contribution in [0.15, 0.2) is 54.9 Å². The minimum atomic E-state index is 0. The number of fused-ring (bicyclic) bond motifs is 1. The van der Waals surface area contributed by atoms with Gasteiger partial charge in [-0.15, -0.1) is 24.8 Å². The molecule has 1 aliphatic rings. The molecule has 2 aromatic carbocycles. The molecule has 3 aromatic rings. The fourth-order valence-corrected chi connectivity index (χ4v) is 4.31. The maximum atomic E-state index is 13.3. The van der Waals surface area contributed by atoms with E-state index in [2.05, 4.69) is 27.9 Å². The molecule has 0 unspecified atom stereocenters. The molecule has 1 aliphatic heterocycles. The Morgan fingerprint density at radius 2 is 1.75 bits per heavy atom. The van der Waals surface area contributed by atoms with Gasteiger partial charge in [0, 0.05) is 42.5 Å². The number of hydrogen-bond donors (Lipinski definition) is 0. The van der Waals surface area contributed by atoms with Crippen molar-refractivity contribution in [2.75, 3.05) is 24.5 Å². The Balaban J connectivity index is 0.00000181. The summed E-state index contributed by atoms with van der Waals surface area (Å²) in [4.78, 5) is 26.5. The number of hydrogen-bond acceptors (Lipinski definition) is 4. The molecular weight excluding hydrogens is 467 g/mol. The van der Waals surface area contributed by atoms with Crippen molar-refractivity contribution in [1.82, 2.24) is 14.9 Å². The van der Waals surface area contributed by atoms with Gasteiger partial charge in [0.25, 0.3) is 0 Å². The maximum Gasteiger partial charge on any atom is 0.226 e. The molecule has 0 atom stereocenters. The Kier molecular flexibility index (Phi) is 10.0. The van der Waals surface area contributed by atoms with Gasteiger partial charge in [-0.2, -0.15) is 0 Å². The summed E-state index contributed by atoms with van der Waals surface area (Å²) in [5.41, 5.74) is 2.07. The fourth-order valence-electron chi connectivity index (χ4n) is 4.19. The van der Waals surface area contributed by atoms with Crippen LogP contribution in [0.25, 0.3) is 10.9 Å². The summed E-state index contributed by atoms with van der Waals surface area (Å²) in [7, 11) is 0. The van der Waals surface area contributed by atoms with Gasteiger partial charge in [-0.25, -0.2) is 9.97 Å². The highest BCUT2D eigenvalue weighted by atomic mass is 35.5. The van der Waals surface area contributed by atoms with Gasteiger partial charge >= 0.3 is 0 Å². The number of nitrogens with zero attached hydrogens (tertiary/aromatic N) is 4. The Labute approximate surface area is 207 Å². The number of anilines is 1. The lowest BCUT2D eigenvalue weighted by molar-refractivity contribution is -0.136. The Morgan fingerprint density at radius 1 is 1.06 bits per heavy atom. The van der Waals surface area contributed by atoms with Gasteiger partial charge in [-0.05, 0) is 49.1 Å². The van der Waals surface area contributed by atoms with Crippen molar-refractivity contribution in [3.8, 4) is 0 Å². The molecule has 0 aliphatic carbocycles. The second-order valence-corrected chi connectivity index (χ2v) is 8.30. The third kappa shape index (κ3) is 6.03. The summed E-state index contributed by atoms with van der Waals surface area (Å²) in [6, 6.07) is 15.9. The molecule has 32 heavy (non-hydrogen) atoms. The number of aromatic nitrogens is 2. The number of carbonyl (C=O) groups is 1. The zero-order chi connectivity index (χ0) is 20.9. The standard InChI is InChI=1S/C24H27ClN4O.2ClH/c1-2-13-29(16-18-7-9-20(25)10-8-18)24(30)19-11-14-28(15-12-19)23-21-5-3-4-6-22(21)26-17-27-23;;/h3-10,17,19H,2,11-16H2,1H3;2*1H. The minimum absolute atomic E-state index is 0. The first-order valence-electron chi connectivity index (χ1n) is 10.6. The zero-order valence-electron chi connectivity index (χ0n) is 18.1. The van der Waals surface area contributed by atoms with Gasteiger partial charge in [0.2, 0.25) is 5.91 Å². The number of piperidine rings is 1. The lowest BCUT2D eigenvalue weighted by Gasteiger charge is -2.35. The third-order valence-corrected chi connectivity index (χ3v) is 6.01. The van der Waals surface area contributed by atoms with Crippen LogP contribution in [0.2, 0.25) is 5.02 Å². The summed E-state index contributed by atoms with van der Waals surface area (Å²) in [5.74, 6) is 1.30. The monoisotopic (exact) mass is 494 g/mol. The van der Waals surface area contributed by atoms with Gasteiger partial charge in [0.15, 0.2) is 0 Å². The van der Waals surface area contributed by atoms with Crippen LogP contribution in [-0.4, -0.2) is 40.4 Å². The highest BCUT2D eigenvalue weighted by Crippen LogP contribution is 2.28. The van der Waals surface area contributed by atoms with Crippen molar-refractivity contribution in [3.05, 3.63) is 65.4 Å². The van der Waals surface area contributed by atoms with Crippen molar-refractivity contribution in [2.24, 2.45) is 5.92 Å². The molecule has 8 heteroatoms. The average molecular weight is 496 g/mol. The molecule has 0 spiro atoms. The van der Waals surface area contributed by atoms with E-state index in [0.29, 0.717) is 6.54 Å². The predicted octanol–water partition coefficient (Wildman–Crippen LogP) is 5.78. The Hall–Kier alpha value is -2.08. The van der Waals surface area contributed by atoms with Gasteiger partial charge < -0.3 is 9.80 Å². The fraction of sp³-hybridized carbons (Fsp3) is 0.375. The Morgan fingerprint density at radius 3 is 2.44 bits per heavy atom. The van der Waals surface area contributed by atoms with Gasteiger partial charge in [0.05, 0.1) is 5.52 Å². The first-order valence-corrected chi connectivity index (χ1v) is 11.0. The van der Waals surface area contributed by atoms with Crippen molar-refractivity contribution in [3.63, 3.8) is 0 Å². The first-order chi connectivity index (χ1) is 14.7. The summed E-state index contributed by atoms with van der Waals surface area (Å²) < 4.78 is 0. The van der Waals surface area contributed by atoms with Crippen molar-refractivity contribution >= 4 is 59.0 Å². The number of halogens is 3. The smallest absolute Gasteiger partial charge is 0.226 e. The molecule has 172 valence electrons. The van der Waals surface area contributed by atoms with Crippen LogP contribution in [-0.2, 0) is 11.3 Å². The highest BCUT2D eigenvalue weighted by Gasteiger charge is 2.29. The van der Waals surface area contributed by atoms with Crippen LogP contribution in [0, 0.1) is 5.92 Å². The number of benzene rings is 2. The normalized spacial score (nSPS) is 13.9. The molecule has 1 saturated heterocycles. The largest absolute Gasteiger partial charge is 0.356 e. The van der Waals surface area contributed by atoms with Crippen molar-refractivity contribution in [1.29, 1.82) is 0 Å². The van der Waals surface area contributed by atoms with E-state index >= 15 is 0 Å². The van der Waals surface area contributed by atoms with Crippen LogP contribution in [0.4, 0.5) is 5.82 Å². The van der Waals surface area contributed by atoms with Crippen molar-refractivity contribution < 1.29 is 4.79 Å². The van der Waals surface area contributed by atoms with E-state index in [1.54, 1.807) is 6.33 Å². The summed E-state index contributed by atoms with van der Waals surface area (Å²) in [6.07, 6.45) is 4.27. The molecule has 0 N–H and O–H groups in total. The molecule has 1 aromatic heterocycles. The van der Waals surface area contributed by atoms with E-state index in [9.17, 15) is 4.79 Å². The van der Waals surface area contributed by atoms with Gasteiger partial charge in [0.1, 0.15) is 12.1 Å². The molecule has 1 fully saturated rings. The van der Waals surface area contributed by atoms with Gasteiger partial charge in [-0.3, -0.25) is 4.79 Å². The lowest BCUT2D eigenvalue weighted by atomic mass is 9.94. The number of carbonyl (C=O) groups excluding carboxylic acids is 1. The molecule has 0 bridgehead atoms. The van der Waals surface area contributed by atoms with Crippen LogP contribution < -0.4 is 4.90 Å². The quantitative estimate of drug-likeness (QED) is 0.435. The second-order valence-electron chi connectivity index (χ2n) is 7.86. The third-order valence-electron chi connectivity index (χ3n) is 5.76. The summed E-state index contributed by atoms with van der Waals surface area (Å²) in [6.45, 7) is 5.19. The molecular formula is C24H29Cl3N4O. The Bertz CT molecular complexity index is 1000. The van der Waals surface area contributed by atoms with E-state index < -0.39 is 0 Å². The van der Waals surface area contributed by atoms with E-state index in [1.807, 2.05) is 47.4 Å². The zero-order valence-corrected chi connectivity index (χ0v) is 20.5. The second kappa shape index (κ2) is 12.2. The number of rotatable bonds is 6. The SMILES string of the molecule is CCCN(Cc1ccc(Cl)cc1)C(=O)C1CCN(c2ncnc3ccccc23)CC1.Cl.Cl. The van der Waals surface area contributed by atoms with Crippen LogP contribution >= 0.6 is 36.4 Å². The minimum Gasteiger partial charge on any atom is -0.356 e. The lowest BCUT2D eigenvalue weighted by Crippen LogP contribution is -2.43. The first kappa shape index (κ1) is 26.2. The maximum absolute atomic E-state index is 13.3. The molecule has 0 saturated carbocycles. The van der Waals surface area contributed by atoms with Crippen LogP contribution in [0.5, 0.6) is 0 Å². The molecule has 2 heterocycles. The van der Waals surface area contributed by atoms with Gasteiger partial charge in [-0.1, -0.05) is 42.8 Å². The molecule has 5 nitrogen and oxygen atoms in total. The van der Waals surface area contributed by atoms with E-state index in [-0.39, 0.29) is 36.6 Å². The highest BCUT2D eigenvalue weighted by molar-refractivity contribution is 6.30. The van der Waals surface area contributed by atoms with Crippen LogP contribution in [0.1, 0.15) is 31.7 Å². The molecule has 0 radical (unpaired) electrons. The van der Waals surface area contributed by atoms with E-state index in [0.717, 1.165) is 66.2 Å². The van der Waals surface area contributed by atoms with Crippen molar-refractivity contribution in [2.45, 2.75) is 32.7 Å². The summed E-state index contributed by atoms with van der Waals surface area (Å²) in [5, 5.41) is 1.79. The van der Waals surface area contributed by atoms with E-state index in [1.165, 1.54) is 0 Å². The topological polar surface area (TPSA) is 49.3 Å². The molecule has 1 amide bonds. The number of para-hydroxylation sites is 1. The van der Waals surface area contributed by atoms with E-state index in [4.69, 9.17) is 11.6 Å². The number of amides is 1. The predicted molar refractivity (Wildman–Crippen MR) is 136 cm³/mol. The summed E-state index contributed by atoms with van der Waals surface area (Å²) >= 11 is 6.00.